The van der Waals surface area contributed by atoms with E-state index in [0.29, 0.717) is 5.92 Å². The van der Waals surface area contributed by atoms with E-state index in [2.05, 4.69) is 18.0 Å². The van der Waals surface area contributed by atoms with E-state index in [4.69, 9.17) is 0 Å². The molecule has 1 atom stereocenters. The molecule has 0 spiro atoms. The lowest BCUT2D eigenvalue weighted by atomic mass is 9.94. The second kappa shape index (κ2) is 11.6. The second-order valence-corrected chi connectivity index (χ2v) is 8.42. The van der Waals surface area contributed by atoms with Gasteiger partial charge in [0.1, 0.15) is 0 Å². The van der Waals surface area contributed by atoms with Gasteiger partial charge in [-0.3, -0.25) is 4.18 Å². The zero-order valence-electron chi connectivity index (χ0n) is 15.6. The summed E-state index contributed by atoms with van der Waals surface area (Å²) in [6.07, 6.45) is 13.3. The maximum Gasteiger partial charge on any atom is 0.296 e. The van der Waals surface area contributed by atoms with Crippen LogP contribution in [0.4, 0.5) is 0 Å². The Bertz CT molecular complexity index is 535. The van der Waals surface area contributed by atoms with Gasteiger partial charge >= 0.3 is 0 Å². The van der Waals surface area contributed by atoms with Gasteiger partial charge in [-0.2, -0.15) is 8.42 Å². The third-order valence-corrected chi connectivity index (χ3v) is 5.99. The number of hydrogen-bond acceptors (Lipinski definition) is 3. The Kier molecular flexibility index (Phi) is 10.3. The molecule has 24 heavy (non-hydrogen) atoms. The first-order valence-corrected chi connectivity index (χ1v) is 10.8. The Hall–Kier alpha value is -0.870. The van der Waals surface area contributed by atoms with E-state index < -0.39 is 10.1 Å². The van der Waals surface area contributed by atoms with Crippen LogP contribution in [0.5, 0.6) is 0 Å². The van der Waals surface area contributed by atoms with Gasteiger partial charge in [-0.1, -0.05) is 83.8 Å². The largest absolute Gasteiger partial charge is 0.296 e. The molecular formula is C20H34O3S. The minimum Gasteiger partial charge on any atom is -0.270 e. The smallest absolute Gasteiger partial charge is 0.270 e. The van der Waals surface area contributed by atoms with E-state index >= 15 is 0 Å². The van der Waals surface area contributed by atoms with E-state index in [1.165, 1.54) is 70.5 Å². The Labute approximate surface area is 148 Å². The van der Waals surface area contributed by atoms with Crippen molar-refractivity contribution in [2.24, 2.45) is 0 Å². The molecule has 1 aromatic carbocycles. The molecule has 0 bridgehead atoms. The standard InChI is InChI=1S/C20H34O3S/c1-4-5-6-7-8-9-10-11-12-13-18(2)19-14-16-20(17-15-19)24(21,22)23-3/h14-18H,4-13H2,1-3H3. The molecule has 0 saturated heterocycles. The van der Waals surface area contributed by atoms with Crippen LogP contribution in [0.3, 0.4) is 0 Å². The van der Waals surface area contributed by atoms with Crippen LogP contribution in [-0.4, -0.2) is 15.5 Å². The van der Waals surface area contributed by atoms with Crippen LogP contribution >= 0.6 is 0 Å². The summed E-state index contributed by atoms with van der Waals surface area (Å²) in [5.74, 6) is 0.467. The van der Waals surface area contributed by atoms with Crippen molar-refractivity contribution in [2.75, 3.05) is 7.11 Å². The maximum absolute atomic E-state index is 11.6. The predicted molar refractivity (Wildman–Crippen MR) is 101 cm³/mol. The third-order valence-electron chi connectivity index (χ3n) is 4.70. The molecular weight excluding hydrogens is 320 g/mol. The first-order chi connectivity index (χ1) is 11.5. The zero-order chi connectivity index (χ0) is 17.8. The number of hydrogen-bond donors (Lipinski definition) is 0. The van der Waals surface area contributed by atoms with E-state index in [9.17, 15) is 8.42 Å². The Morgan fingerprint density at radius 2 is 1.38 bits per heavy atom. The molecule has 0 amide bonds. The zero-order valence-corrected chi connectivity index (χ0v) is 16.4. The van der Waals surface area contributed by atoms with Gasteiger partial charge in [0, 0.05) is 0 Å². The summed E-state index contributed by atoms with van der Waals surface area (Å²) in [5.41, 5.74) is 1.20. The summed E-state index contributed by atoms with van der Waals surface area (Å²) >= 11 is 0. The highest BCUT2D eigenvalue weighted by atomic mass is 32.2. The summed E-state index contributed by atoms with van der Waals surface area (Å²) in [4.78, 5) is 0.226. The van der Waals surface area contributed by atoms with Crippen molar-refractivity contribution in [3.8, 4) is 0 Å². The lowest BCUT2D eigenvalue weighted by Crippen LogP contribution is -2.03. The molecule has 0 fully saturated rings. The molecule has 1 aromatic rings. The number of rotatable bonds is 13. The monoisotopic (exact) mass is 354 g/mol. The number of benzene rings is 1. The molecule has 0 radical (unpaired) electrons. The first-order valence-electron chi connectivity index (χ1n) is 9.42. The molecule has 4 heteroatoms. The van der Waals surface area contributed by atoms with Crippen LogP contribution in [0.15, 0.2) is 29.2 Å². The van der Waals surface area contributed by atoms with Crippen LogP contribution in [0.25, 0.3) is 0 Å². The Morgan fingerprint density at radius 3 is 1.88 bits per heavy atom. The summed E-state index contributed by atoms with van der Waals surface area (Å²) in [6, 6.07) is 7.09. The molecule has 1 rings (SSSR count). The normalized spacial score (nSPS) is 13.1. The van der Waals surface area contributed by atoms with Crippen molar-refractivity contribution < 1.29 is 12.6 Å². The number of unbranched alkanes of at least 4 members (excludes halogenated alkanes) is 8. The second-order valence-electron chi connectivity index (χ2n) is 6.71. The lowest BCUT2D eigenvalue weighted by Gasteiger charge is -2.12. The quantitative estimate of drug-likeness (QED) is 0.320. The third kappa shape index (κ3) is 7.80. The highest BCUT2D eigenvalue weighted by Gasteiger charge is 2.13. The molecule has 0 aliphatic carbocycles. The van der Waals surface area contributed by atoms with Gasteiger partial charge in [-0.25, -0.2) is 0 Å². The fraction of sp³-hybridized carbons (Fsp3) is 0.700. The Morgan fingerprint density at radius 1 is 0.875 bits per heavy atom. The van der Waals surface area contributed by atoms with Gasteiger partial charge in [0.05, 0.1) is 12.0 Å². The minimum atomic E-state index is -3.58. The van der Waals surface area contributed by atoms with Crippen molar-refractivity contribution in [3.63, 3.8) is 0 Å². The molecule has 0 aromatic heterocycles. The molecule has 0 N–H and O–H groups in total. The fourth-order valence-electron chi connectivity index (χ4n) is 2.99. The van der Waals surface area contributed by atoms with Gasteiger partial charge in [-0.15, -0.1) is 0 Å². The fourth-order valence-corrected chi connectivity index (χ4v) is 3.65. The molecule has 1 unspecified atom stereocenters. The molecule has 0 aliphatic heterocycles. The topological polar surface area (TPSA) is 43.4 Å². The van der Waals surface area contributed by atoms with E-state index in [1.54, 1.807) is 12.1 Å². The van der Waals surface area contributed by atoms with Crippen molar-refractivity contribution in [1.29, 1.82) is 0 Å². The average molecular weight is 355 g/mol. The summed E-state index contributed by atoms with van der Waals surface area (Å²) in [5, 5.41) is 0. The van der Waals surface area contributed by atoms with Crippen molar-refractivity contribution >= 4 is 10.1 Å². The summed E-state index contributed by atoms with van der Waals surface area (Å²) in [6.45, 7) is 4.47. The SMILES string of the molecule is CCCCCCCCCCCC(C)c1ccc(S(=O)(=O)OC)cc1. The van der Waals surface area contributed by atoms with E-state index in [1.807, 2.05) is 12.1 Å². The summed E-state index contributed by atoms with van der Waals surface area (Å²) < 4.78 is 27.8. The van der Waals surface area contributed by atoms with Gasteiger partial charge in [0.2, 0.25) is 0 Å². The molecule has 3 nitrogen and oxygen atoms in total. The lowest BCUT2D eigenvalue weighted by molar-refractivity contribution is 0.397. The highest BCUT2D eigenvalue weighted by molar-refractivity contribution is 7.86. The maximum atomic E-state index is 11.6. The van der Waals surface area contributed by atoms with Crippen LogP contribution in [0.2, 0.25) is 0 Å². The van der Waals surface area contributed by atoms with Gasteiger partial charge in [0.25, 0.3) is 10.1 Å². The molecule has 0 heterocycles. The summed E-state index contributed by atoms with van der Waals surface area (Å²) in [7, 11) is -2.39. The van der Waals surface area contributed by atoms with Crippen LogP contribution in [0, 0.1) is 0 Å². The van der Waals surface area contributed by atoms with Gasteiger partial charge in [0.15, 0.2) is 0 Å². The first kappa shape index (κ1) is 21.2. The van der Waals surface area contributed by atoms with Crippen molar-refractivity contribution in [2.45, 2.75) is 88.9 Å². The minimum absolute atomic E-state index is 0.226. The molecule has 0 saturated carbocycles. The van der Waals surface area contributed by atoms with Gasteiger partial charge in [-0.05, 0) is 30.0 Å². The van der Waals surface area contributed by atoms with Crippen molar-refractivity contribution in [3.05, 3.63) is 29.8 Å². The van der Waals surface area contributed by atoms with E-state index in [-0.39, 0.29) is 4.90 Å². The van der Waals surface area contributed by atoms with Crippen molar-refractivity contribution in [1.82, 2.24) is 0 Å². The average Bonchev–Trinajstić information content (AvgIpc) is 2.60. The van der Waals surface area contributed by atoms with Crippen LogP contribution in [-0.2, 0) is 14.3 Å². The van der Waals surface area contributed by atoms with E-state index in [0.717, 1.165) is 6.42 Å². The van der Waals surface area contributed by atoms with Crippen LogP contribution < -0.4 is 0 Å². The van der Waals surface area contributed by atoms with Gasteiger partial charge < -0.3 is 0 Å². The molecule has 138 valence electrons. The predicted octanol–water partition coefficient (Wildman–Crippen LogP) is 6.05. The van der Waals surface area contributed by atoms with Crippen LogP contribution in [0.1, 0.15) is 89.5 Å². The Balaban J connectivity index is 2.22. The highest BCUT2D eigenvalue weighted by Crippen LogP contribution is 2.24. The molecule has 0 aliphatic rings.